The average molecular weight is 285 g/mol. The number of carboxylic acid groups (broad SMARTS) is 1. The molecule has 0 bridgehead atoms. The summed E-state index contributed by atoms with van der Waals surface area (Å²) in [6.45, 7) is 9.15. The van der Waals surface area contributed by atoms with Crippen LogP contribution in [0.4, 0.5) is 0 Å². The molecule has 1 unspecified atom stereocenters. The zero-order valence-electron chi connectivity index (χ0n) is 13.5. The highest BCUT2D eigenvalue weighted by Gasteiger charge is 2.24. The maximum absolute atomic E-state index is 11.6. The van der Waals surface area contributed by atoms with Crippen LogP contribution in [-0.2, 0) is 9.59 Å². The second kappa shape index (κ2) is 9.78. The van der Waals surface area contributed by atoms with Gasteiger partial charge in [0.2, 0.25) is 5.91 Å². The van der Waals surface area contributed by atoms with E-state index in [-0.39, 0.29) is 17.7 Å². The minimum absolute atomic E-state index is 0.0718. The smallest absolute Gasteiger partial charge is 0.303 e. The van der Waals surface area contributed by atoms with Crippen LogP contribution < -0.4 is 5.32 Å². The van der Waals surface area contributed by atoms with Gasteiger partial charge in [-0.3, -0.25) is 9.59 Å². The number of amides is 1. The lowest BCUT2D eigenvalue weighted by Gasteiger charge is -2.30. The van der Waals surface area contributed by atoms with Crippen molar-refractivity contribution in [2.45, 2.75) is 72.6 Å². The van der Waals surface area contributed by atoms with Crippen LogP contribution in [-0.4, -0.2) is 23.5 Å². The third-order valence-corrected chi connectivity index (χ3v) is 3.75. The molecule has 4 nitrogen and oxygen atoms in total. The molecule has 0 aliphatic rings. The predicted octanol–water partition coefficient (Wildman–Crippen LogP) is 3.60. The van der Waals surface area contributed by atoms with Crippen LogP contribution in [0.25, 0.3) is 0 Å². The first-order valence-corrected chi connectivity index (χ1v) is 7.75. The Balaban J connectivity index is 4.01. The van der Waals surface area contributed by atoms with E-state index in [2.05, 4.69) is 33.0 Å². The highest BCUT2D eigenvalue weighted by atomic mass is 16.4. The highest BCUT2D eigenvalue weighted by molar-refractivity contribution is 5.75. The molecule has 0 heterocycles. The molecule has 0 aliphatic heterocycles. The molecule has 1 amide bonds. The number of rotatable bonds is 10. The Bertz CT molecular complexity index is 295. The molecule has 0 aromatic heterocycles. The van der Waals surface area contributed by atoms with Gasteiger partial charge in [0.15, 0.2) is 0 Å². The molecule has 118 valence electrons. The Morgan fingerprint density at radius 2 is 1.75 bits per heavy atom. The zero-order chi connectivity index (χ0) is 15.6. The number of unbranched alkanes of at least 4 members (excludes halogenated alkanes) is 2. The summed E-state index contributed by atoms with van der Waals surface area (Å²) in [7, 11) is 0. The molecule has 0 saturated heterocycles. The quantitative estimate of drug-likeness (QED) is 0.603. The number of carboxylic acids is 1. The first kappa shape index (κ1) is 18.9. The van der Waals surface area contributed by atoms with Gasteiger partial charge in [-0.1, -0.05) is 40.5 Å². The van der Waals surface area contributed by atoms with Crippen molar-refractivity contribution in [3.63, 3.8) is 0 Å². The molecule has 0 aromatic rings. The van der Waals surface area contributed by atoms with E-state index in [9.17, 15) is 9.59 Å². The van der Waals surface area contributed by atoms with E-state index in [1.807, 2.05) is 0 Å². The number of hydrogen-bond donors (Lipinski definition) is 2. The molecule has 4 heteroatoms. The van der Waals surface area contributed by atoms with E-state index in [0.29, 0.717) is 25.3 Å². The van der Waals surface area contributed by atoms with E-state index < -0.39 is 5.97 Å². The van der Waals surface area contributed by atoms with Gasteiger partial charge in [-0.15, -0.1) is 0 Å². The van der Waals surface area contributed by atoms with Crippen molar-refractivity contribution in [2.24, 2.45) is 11.3 Å². The van der Waals surface area contributed by atoms with Crippen molar-refractivity contribution in [2.75, 3.05) is 6.54 Å². The normalized spacial score (nSPS) is 13.0. The van der Waals surface area contributed by atoms with Crippen LogP contribution in [0.2, 0.25) is 0 Å². The van der Waals surface area contributed by atoms with Gasteiger partial charge in [0.25, 0.3) is 0 Å². The largest absolute Gasteiger partial charge is 0.481 e. The van der Waals surface area contributed by atoms with Gasteiger partial charge in [-0.25, -0.2) is 0 Å². The zero-order valence-corrected chi connectivity index (χ0v) is 13.5. The fourth-order valence-corrected chi connectivity index (χ4v) is 2.32. The molecule has 0 aliphatic carbocycles. The predicted molar refractivity (Wildman–Crippen MR) is 81.6 cm³/mol. The maximum Gasteiger partial charge on any atom is 0.303 e. The number of nitrogens with one attached hydrogen (secondary N) is 1. The third kappa shape index (κ3) is 9.82. The Morgan fingerprint density at radius 1 is 1.10 bits per heavy atom. The van der Waals surface area contributed by atoms with Crippen molar-refractivity contribution in [3.8, 4) is 0 Å². The summed E-state index contributed by atoms with van der Waals surface area (Å²) in [5, 5.41) is 11.7. The molecule has 0 spiro atoms. The first-order valence-electron chi connectivity index (χ1n) is 7.75. The topological polar surface area (TPSA) is 66.4 Å². The van der Waals surface area contributed by atoms with Gasteiger partial charge < -0.3 is 10.4 Å². The molecule has 2 N–H and O–H groups in total. The first-order chi connectivity index (χ1) is 9.27. The molecule has 20 heavy (non-hydrogen) atoms. The van der Waals surface area contributed by atoms with Crippen LogP contribution in [0.3, 0.4) is 0 Å². The second-order valence-electron chi connectivity index (χ2n) is 6.59. The number of aliphatic carboxylic acids is 1. The summed E-state index contributed by atoms with van der Waals surface area (Å²) in [5.74, 6) is -0.318. The van der Waals surface area contributed by atoms with E-state index >= 15 is 0 Å². The van der Waals surface area contributed by atoms with Gasteiger partial charge >= 0.3 is 5.97 Å². The lowest BCUT2D eigenvalue weighted by atomic mass is 9.76. The fourth-order valence-electron chi connectivity index (χ4n) is 2.32. The van der Waals surface area contributed by atoms with Crippen molar-refractivity contribution in [1.29, 1.82) is 0 Å². The van der Waals surface area contributed by atoms with Gasteiger partial charge in [0.05, 0.1) is 0 Å². The molecular formula is C16H31NO3. The summed E-state index contributed by atoms with van der Waals surface area (Å²) in [6, 6.07) is 0. The maximum atomic E-state index is 11.6. The summed E-state index contributed by atoms with van der Waals surface area (Å²) >= 11 is 0. The Labute approximate surface area is 123 Å². The van der Waals surface area contributed by atoms with Crippen molar-refractivity contribution in [1.82, 2.24) is 5.32 Å². The lowest BCUT2D eigenvalue weighted by molar-refractivity contribution is -0.137. The second-order valence-corrected chi connectivity index (χ2v) is 6.59. The van der Waals surface area contributed by atoms with Gasteiger partial charge in [-0.05, 0) is 30.6 Å². The fraction of sp³-hybridized carbons (Fsp3) is 0.875. The standard InChI is InChI=1S/C16H31NO3/c1-5-6-7-8-14(18)17-12-11-13(16(2,3)4)9-10-15(19)20/h13H,5-12H2,1-4H3,(H,17,18)(H,19,20). The molecule has 0 rings (SSSR count). The van der Waals surface area contributed by atoms with Crippen LogP contribution in [0.1, 0.15) is 72.6 Å². The average Bonchev–Trinajstić information content (AvgIpc) is 2.31. The van der Waals surface area contributed by atoms with Crippen molar-refractivity contribution < 1.29 is 14.7 Å². The van der Waals surface area contributed by atoms with E-state index in [1.165, 1.54) is 0 Å². The van der Waals surface area contributed by atoms with Gasteiger partial charge in [0.1, 0.15) is 0 Å². The van der Waals surface area contributed by atoms with Crippen LogP contribution in [0, 0.1) is 11.3 Å². The molecule has 0 saturated carbocycles. The number of carbonyl (C=O) groups is 2. The number of carbonyl (C=O) groups excluding carboxylic acids is 1. The summed E-state index contributed by atoms with van der Waals surface area (Å²) < 4.78 is 0. The Hall–Kier alpha value is -1.06. The summed E-state index contributed by atoms with van der Waals surface area (Å²) in [5.41, 5.74) is 0.0718. The summed E-state index contributed by atoms with van der Waals surface area (Å²) in [6.07, 6.45) is 5.48. The molecule has 0 radical (unpaired) electrons. The highest BCUT2D eigenvalue weighted by Crippen LogP contribution is 2.32. The van der Waals surface area contributed by atoms with Gasteiger partial charge in [-0.2, -0.15) is 0 Å². The van der Waals surface area contributed by atoms with Crippen molar-refractivity contribution >= 4 is 11.9 Å². The molecule has 0 aromatic carbocycles. The van der Waals surface area contributed by atoms with Crippen LogP contribution in [0.5, 0.6) is 0 Å². The van der Waals surface area contributed by atoms with Crippen LogP contribution >= 0.6 is 0 Å². The van der Waals surface area contributed by atoms with Gasteiger partial charge in [0, 0.05) is 19.4 Å². The monoisotopic (exact) mass is 285 g/mol. The van der Waals surface area contributed by atoms with E-state index in [1.54, 1.807) is 0 Å². The van der Waals surface area contributed by atoms with Crippen LogP contribution in [0.15, 0.2) is 0 Å². The Morgan fingerprint density at radius 3 is 2.25 bits per heavy atom. The Kier molecular flexibility index (Phi) is 9.26. The molecular weight excluding hydrogens is 254 g/mol. The lowest BCUT2D eigenvalue weighted by Crippen LogP contribution is -2.29. The minimum atomic E-state index is -0.747. The molecule has 1 atom stereocenters. The van der Waals surface area contributed by atoms with E-state index in [0.717, 1.165) is 25.7 Å². The number of hydrogen-bond acceptors (Lipinski definition) is 2. The third-order valence-electron chi connectivity index (χ3n) is 3.75. The molecule has 0 fully saturated rings. The summed E-state index contributed by atoms with van der Waals surface area (Å²) in [4.78, 5) is 22.3. The van der Waals surface area contributed by atoms with Crippen molar-refractivity contribution in [3.05, 3.63) is 0 Å². The minimum Gasteiger partial charge on any atom is -0.481 e. The van der Waals surface area contributed by atoms with E-state index in [4.69, 9.17) is 5.11 Å². The SMILES string of the molecule is CCCCCC(=O)NCCC(CCC(=O)O)C(C)(C)C.